The standard InChI is InChI=1S/C44H27BN2O/c1-44(2)31-15-4-6-19-35(31)46-41-29-23-21-25-11-7-10-24-20-22-27(37(29)36(24)25)38-28-13-8-14-30-40(28)47(34-18-5-3-12-26(34)43(30)48)45(39(38)41)33-17-9-16-32(44)42(33)46/h3-23H,1-2H3. The Kier molecular flexibility index (Phi) is 4.29. The Morgan fingerprint density at radius 3 is 2.17 bits per heavy atom. The van der Waals surface area contributed by atoms with E-state index in [9.17, 15) is 4.79 Å². The maximum absolute atomic E-state index is 14.3. The molecule has 3 aliphatic rings. The fraction of sp³-hybridized carbons (Fsp3) is 0.0682. The zero-order valence-corrected chi connectivity index (χ0v) is 26.5. The van der Waals surface area contributed by atoms with Gasteiger partial charge < -0.3 is 9.38 Å². The van der Waals surface area contributed by atoms with Gasteiger partial charge in [0.2, 0.25) is 0 Å². The summed E-state index contributed by atoms with van der Waals surface area (Å²) >= 11 is 0. The summed E-state index contributed by atoms with van der Waals surface area (Å²) in [6, 6.07) is 46.4. The van der Waals surface area contributed by atoms with Crippen molar-refractivity contribution >= 4 is 89.0 Å². The van der Waals surface area contributed by atoms with Crippen LogP contribution < -0.4 is 21.3 Å². The first-order valence-corrected chi connectivity index (χ1v) is 16.9. The van der Waals surface area contributed by atoms with Gasteiger partial charge in [-0.2, -0.15) is 0 Å². The van der Waals surface area contributed by atoms with Crippen molar-refractivity contribution in [1.82, 2.24) is 4.48 Å². The average molecular weight is 611 g/mol. The summed E-state index contributed by atoms with van der Waals surface area (Å²) in [5, 5.41) is 9.18. The quantitative estimate of drug-likeness (QED) is 0.0973. The van der Waals surface area contributed by atoms with E-state index >= 15 is 0 Å². The third-order valence-electron chi connectivity index (χ3n) is 11.9. The molecule has 0 amide bonds. The molecule has 3 nitrogen and oxygen atoms in total. The van der Waals surface area contributed by atoms with Gasteiger partial charge in [-0.25, -0.2) is 0 Å². The fourth-order valence-corrected chi connectivity index (χ4v) is 9.95. The molecule has 3 aliphatic heterocycles. The Morgan fingerprint density at radius 2 is 1.29 bits per heavy atom. The lowest BCUT2D eigenvalue weighted by Gasteiger charge is -2.49. The molecule has 222 valence electrons. The Labute approximate surface area is 276 Å². The third-order valence-corrected chi connectivity index (χ3v) is 11.9. The van der Waals surface area contributed by atoms with Gasteiger partial charge in [0, 0.05) is 49.2 Å². The average Bonchev–Trinajstić information content (AvgIpc) is 3.13. The molecule has 0 radical (unpaired) electrons. The van der Waals surface area contributed by atoms with Gasteiger partial charge in [-0.1, -0.05) is 117 Å². The van der Waals surface area contributed by atoms with E-state index in [-0.39, 0.29) is 17.7 Å². The molecule has 12 rings (SSSR count). The van der Waals surface area contributed by atoms with Crippen molar-refractivity contribution in [3.8, 4) is 11.1 Å². The Bertz CT molecular complexity index is 3010. The number of hydrogen-bond donors (Lipinski definition) is 0. The van der Waals surface area contributed by atoms with E-state index < -0.39 is 0 Å². The van der Waals surface area contributed by atoms with Crippen molar-refractivity contribution in [2.75, 3.05) is 4.90 Å². The first-order chi connectivity index (χ1) is 23.5. The maximum Gasteiger partial charge on any atom is 0.333 e. The van der Waals surface area contributed by atoms with Crippen LogP contribution in [0.3, 0.4) is 0 Å². The second-order valence-electron chi connectivity index (χ2n) is 14.4. The van der Waals surface area contributed by atoms with E-state index in [0.29, 0.717) is 0 Å². The largest absolute Gasteiger partial charge is 0.375 e. The molecule has 0 aliphatic carbocycles. The number of pyridine rings is 1. The van der Waals surface area contributed by atoms with Crippen LogP contribution >= 0.6 is 0 Å². The predicted molar refractivity (Wildman–Crippen MR) is 202 cm³/mol. The number of rotatable bonds is 0. The van der Waals surface area contributed by atoms with Gasteiger partial charge in [-0.15, -0.1) is 0 Å². The van der Waals surface area contributed by atoms with Crippen LogP contribution in [0.1, 0.15) is 25.0 Å². The van der Waals surface area contributed by atoms with Crippen LogP contribution in [0.25, 0.3) is 65.3 Å². The highest BCUT2D eigenvalue weighted by atomic mass is 16.1. The molecule has 0 bridgehead atoms. The van der Waals surface area contributed by atoms with Crippen molar-refractivity contribution < 1.29 is 0 Å². The summed E-state index contributed by atoms with van der Waals surface area (Å²) in [6.45, 7) is 4.62. The summed E-state index contributed by atoms with van der Waals surface area (Å²) in [5.41, 5.74) is 13.3. The van der Waals surface area contributed by atoms with Gasteiger partial charge in [0.25, 0.3) is 0 Å². The second-order valence-corrected chi connectivity index (χ2v) is 14.4. The van der Waals surface area contributed by atoms with E-state index in [1.807, 2.05) is 18.2 Å². The molecule has 0 saturated carbocycles. The molecular weight excluding hydrogens is 583 g/mol. The molecule has 0 N–H and O–H groups in total. The van der Waals surface area contributed by atoms with Crippen LogP contribution in [-0.2, 0) is 5.41 Å². The smallest absolute Gasteiger partial charge is 0.333 e. The zero-order chi connectivity index (χ0) is 31.6. The molecule has 48 heavy (non-hydrogen) atoms. The highest BCUT2D eigenvalue weighted by Crippen LogP contribution is 2.56. The summed E-state index contributed by atoms with van der Waals surface area (Å²) in [4.78, 5) is 16.9. The number of fused-ring (bicyclic) bond motifs is 10. The molecule has 9 aromatic rings. The minimum atomic E-state index is -0.198. The topological polar surface area (TPSA) is 25.2 Å². The Balaban J connectivity index is 1.42. The number of anilines is 3. The molecule has 0 unspecified atom stereocenters. The molecular formula is C44H27BN2O. The SMILES string of the molecule is CC1(C)c2ccccc2N2c3c(cccc31)B1c3c(c4ccc5cccc6ccc(c32)c4c56)-c2cccc3c(=O)c4ccccc4n1c23. The van der Waals surface area contributed by atoms with Gasteiger partial charge in [0.15, 0.2) is 5.43 Å². The van der Waals surface area contributed by atoms with Crippen LogP contribution in [0, 0.1) is 0 Å². The minimum Gasteiger partial charge on any atom is -0.375 e. The number of para-hydroxylation sites is 4. The van der Waals surface area contributed by atoms with Crippen molar-refractivity contribution in [1.29, 1.82) is 0 Å². The van der Waals surface area contributed by atoms with Crippen LogP contribution in [-0.4, -0.2) is 11.3 Å². The number of nitrogens with zero attached hydrogens (tertiary/aromatic N) is 2. The Hall–Kier alpha value is -5.87. The first kappa shape index (κ1) is 25.3. The first-order valence-electron chi connectivity index (χ1n) is 16.9. The number of aromatic nitrogens is 1. The summed E-state index contributed by atoms with van der Waals surface area (Å²) < 4.78 is 2.51. The zero-order valence-electron chi connectivity index (χ0n) is 26.5. The molecule has 4 heterocycles. The lowest BCUT2D eigenvalue weighted by Crippen LogP contribution is -2.58. The van der Waals surface area contributed by atoms with Crippen molar-refractivity contribution in [2.24, 2.45) is 0 Å². The summed E-state index contributed by atoms with van der Waals surface area (Å²) in [7, 11) is 0. The highest BCUT2D eigenvalue weighted by molar-refractivity contribution is 6.90. The fourth-order valence-electron chi connectivity index (χ4n) is 9.95. The highest BCUT2D eigenvalue weighted by Gasteiger charge is 2.48. The van der Waals surface area contributed by atoms with Crippen LogP contribution in [0.15, 0.2) is 132 Å². The normalized spacial score (nSPS) is 15.0. The van der Waals surface area contributed by atoms with E-state index in [1.54, 1.807) is 0 Å². The minimum absolute atomic E-state index is 0.0997. The Morgan fingerprint density at radius 1 is 0.583 bits per heavy atom. The molecule has 8 aromatic carbocycles. The van der Waals surface area contributed by atoms with E-state index in [2.05, 4.69) is 132 Å². The molecule has 0 spiro atoms. The van der Waals surface area contributed by atoms with Crippen molar-refractivity contribution in [3.63, 3.8) is 0 Å². The van der Waals surface area contributed by atoms with E-state index in [0.717, 1.165) is 27.4 Å². The predicted octanol–water partition coefficient (Wildman–Crippen LogP) is 9.11. The number of hydrogen-bond acceptors (Lipinski definition) is 2. The van der Waals surface area contributed by atoms with E-state index in [1.165, 1.54) is 77.0 Å². The van der Waals surface area contributed by atoms with Gasteiger partial charge in [0.1, 0.15) is 0 Å². The number of benzene rings is 8. The summed E-state index contributed by atoms with van der Waals surface area (Å²) in [5.74, 6) is 0. The van der Waals surface area contributed by atoms with Crippen LogP contribution in [0.5, 0.6) is 0 Å². The van der Waals surface area contributed by atoms with Gasteiger partial charge in [-0.3, -0.25) is 4.79 Å². The molecule has 0 saturated heterocycles. The maximum atomic E-state index is 14.3. The van der Waals surface area contributed by atoms with Gasteiger partial charge >= 0.3 is 6.85 Å². The molecule has 1 aromatic heterocycles. The monoisotopic (exact) mass is 610 g/mol. The van der Waals surface area contributed by atoms with Crippen LogP contribution in [0.2, 0.25) is 0 Å². The lowest BCUT2D eigenvalue weighted by atomic mass is 9.43. The third kappa shape index (κ3) is 2.66. The van der Waals surface area contributed by atoms with Gasteiger partial charge in [-0.05, 0) is 73.4 Å². The second kappa shape index (κ2) is 8.16. The molecule has 0 atom stereocenters. The van der Waals surface area contributed by atoms with Gasteiger partial charge in [0.05, 0.1) is 11.4 Å². The molecule has 4 heteroatoms. The van der Waals surface area contributed by atoms with Crippen molar-refractivity contribution in [3.05, 3.63) is 149 Å². The summed E-state index contributed by atoms with van der Waals surface area (Å²) in [6.07, 6.45) is 0. The van der Waals surface area contributed by atoms with E-state index in [4.69, 9.17) is 0 Å². The lowest BCUT2D eigenvalue weighted by molar-refractivity contribution is 0.632. The van der Waals surface area contributed by atoms with Crippen LogP contribution in [0.4, 0.5) is 17.1 Å². The van der Waals surface area contributed by atoms with Crippen molar-refractivity contribution in [2.45, 2.75) is 19.3 Å². The molecule has 0 fully saturated rings.